The van der Waals surface area contributed by atoms with Crippen LogP contribution in [0.2, 0.25) is 0 Å². The molecule has 0 aromatic heterocycles. The van der Waals surface area contributed by atoms with Gasteiger partial charge in [-0.05, 0) is 55.0 Å². The number of hydrogen-bond acceptors (Lipinski definition) is 3. The van der Waals surface area contributed by atoms with Crippen LogP contribution in [0.1, 0.15) is 41.8 Å². The standard InChI is InChI=1S/C24H26N2O2S/c1-15-4-6-18(7-5-15)11-22-23(27)25-20-12-19(8-9-21(20)29-22)24(28)26-13-16(2)10-17(3)14-26/h4-9,11-12,16-17H,10,13-14H2,1-3H3,(H,25,27)/b22-11+/t16-,17-/m0/s1. The van der Waals surface area contributed by atoms with Crippen LogP contribution < -0.4 is 5.32 Å². The molecule has 29 heavy (non-hydrogen) atoms. The summed E-state index contributed by atoms with van der Waals surface area (Å²) >= 11 is 1.45. The first-order valence-electron chi connectivity index (χ1n) is 10.1. The van der Waals surface area contributed by atoms with Crippen molar-refractivity contribution >= 4 is 35.3 Å². The summed E-state index contributed by atoms with van der Waals surface area (Å²) in [6, 6.07) is 13.7. The average Bonchev–Trinajstić information content (AvgIpc) is 2.68. The van der Waals surface area contributed by atoms with Crippen LogP contribution >= 0.6 is 11.8 Å². The van der Waals surface area contributed by atoms with Gasteiger partial charge in [0.2, 0.25) is 0 Å². The molecule has 4 nitrogen and oxygen atoms in total. The van der Waals surface area contributed by atoms with E-state index in [9.17, 15) is 9.59 Å². The Morgan fingerprint density at radius 2 is 1.79 bits per heavy atom. The summed E-state index contributed by atoms with van der Waals surface area (Å²) in [5, 5.41) is 2.96. The van der Waals surface area contributed by atoms with Crippen molar-refractivity contribution < 1.29 is 9.59 Å². The highest BCUT2D eigenvalue weighted by Crippen LogP contribution is 2.39. The summed E-state index contributed by atoms with van der Waals surface area (Å²) in [7, 11) is 0. The van der Waals surface area contributed by atoms with Gasteiger partial charge in [-0.1, -0.05) is 55.4 Å². The quantitative estimate of drug-likeness (QED) is 0.698. The van der Waals surface area contributed by atoms with E-state index in [-0.39, 0.29) is 11.8 Å². The average molecular weight is 407 g/mol. The van der Waals surface area contributed by atoms with Gasteiger partial charge in [-0.2, -0.15) is 0 Å². The molecule has 4 rings (SSSR count). The fourth-order valence-electron chi connectivity index (χ4n) is 4.12. The number of fused-ring (bicyclic) bond motifs is 1. The van der Waals surface area contributed by atoms with Gasteiger partial charge >= 0.3 is 0 Å². The number of benzene rings is 2. The first-order valence-corrected chi connectivity index (χ1v) is 10.9. The monoisotopic (exact) mass is 406 g/mol. The van der Waals surface area contributed by atoms with Gasteiger partial charge in [0.1, 0.15) is 0 Å². The molecule has 0 aliphatic carbocycles. The maximum Gasteiger partial charge on any atom is 0.262 e. The van der Waals surface area contributed by atoms with E-state index in [0.29, 0.717) is 28.0 Å². The van der Waals surface area contributed by atoms with E-state index in [1.165, 1.54) is 17.3 Å². The van der Waals surface area contributed by atoms with E-state index in [1.807, 2.05) is 60.4 Å². The predicted molar refractivity (Wildman–Crippen MR) is 119 cm³/mol. The van der Waals surface area contributed by atoms with E-state index in [1.54, 1.807) is 0 Å². The second-order valence-corrected chi connectivity index (χ2v) is 9.43. The number of carbonyl (C=O) groups excluding carboxylic acids is 2. The van der Waals surface area contributed by atoms with Crippen molar-refractivity contribution in [3.63, 3.8) is 0 Å². The number of hydrogen-bond donors (Lipinski definition) is 1. The molecule has 2 aromatic rings. The molecule has 2 amide bonds. The summed E-state index contributed by atoms with van der Waals surface area (Å²) in [5.41, 5.74) is 3.53. The van der Waals surface area contributed by atoms with Crippen molar-refractivity contribution in [2.24, 2.45) is 11.8 Å². The first kappa shape index (κ1) is 19.8. The fourth-order valence-corrected chi connectivity index (χ4v) is 5.05. The fraction of sp³-hybridized carbons (Fsp3) is 0.333. The number of nitrogens with one attached hydrogen (secondary N) is 1. The minimum absolute atomic E-state index is 0.0476. The Morgan fingerprint density at radius 1 is 1.10 bits per heavy atom. The lowest BCUT2D eigenvalue weighted by Gasteiger charge is -2.35. The summed E-state index contributed by atoms with van der Waals surface area (Å²) in [6.45, 7) is 8.03. The lowest BCUT2D eigenvalue weighted by Crippen LogP contribution is -2.42. The molecular formula is C24H26N2O2S. The number of carbonyl (C=O) groups is 2. The van der Waals surface area contributed by atoms with Gasteiger partial charge in [0.15, 0.2) is 0 Å². The van der Waals surface area contributed by atoms with E-state index >= 15 is 0 Å². The number of anilines is 1. The van der Waals surface area contributed by atoms with Crippen molar-refractivity contribution in [3.05, 3.63) is 64.1 Å². The van der Waals surface area contributed by atoms with Gasteiger partial charge in [0.05, 0.1) is 10.6 Å². The molecule has 0 bridgehead atoms. The second-order valence-electron chi connectivity index (χ2n) is 8.34. The normalized spacial score (nSPS) is 22.9. The van der Waals surface area contributed by atoms with Crippen LogP contribution in [0, 0.1) is 18.8 Å². The van der Waals surface area contributed by atoms with Gasteiger partial charge in [0.25, 0.3) is 11.8 Å². The topological polar surface area (TPSA) is 49.4 Å². The molecule has 2 aliphatic heterocycles. The third-order valence-electron chi connectivity index (χ3n) is 5.45. The van der Waals surface area contributed by atoms with E-state index in [2.05, 4.69) is 19.2 Å². The molecule has 150 valence electrons. The Hall–Kier alpha value is -2.53. The van der Waals surface area contributed by atoms with Gasteiger partial charge < -0.3 is 10.2 Å². The van der Waals surface area contributed by atoms with Crippen molar-refractivity contribution in [3.8, 4) is 0 Å². The Balaban J connectivity index is 1.55. The van der Waals surface area contributed by atoms with Gasteiger partial charge in [-0.25, -0.2) is 0 Å². The summed E-state index contributed by atoms with van der Waals surface area (Å²) in [6.07, 6.45) is 3.06. The van der Waals surface area contributed by atoms with Crippen LogP contribution in [0.5, 0.6) is 0 Å². The minimum atomic E-state index is -0.132. The zero-order valence-electron chi connectivity index (χ0n) is 17.1. The number of aryl methyl sites for hydroxylation is 1. The number of likely N-dealkylation sites (tertiary alicyclic amines) is 1. The van der Waals surface area contributed by atoms with Crippen LogP contribution in [0.3, 0.4) is 0 Å². The van der Waals surface area contributed by atoms with Gasteiger partial charge in [-0.3, -0.25) is 9.59 Å². The molecule has 5 heteroatoms. The maximum atomic E-state index is 13.0. The molecule has 2 aliphatic rings. The molecule has 2 atom stereocenters. The van der Waals surface area contributed by atoms with E-state index in [0.717, 1.165) is 30.0 Å². The Morgan fingerprint density at radius 3 is 2.48 bits per heavy atom. The largest absolute Gasteiger partial charge is 0.338 e. The number of nitrogens with zero attached hydrogens (tertiary/aromatic N) is 1. The highest BCUT2D eigenvalue weighted by Gasteiger charge is 2.28. The van der Waals surface area contributed by atoms with Crippen LogP contribution in [0.25, 0.3) is 6.08 Å². The Bertz CT molecular complexity index is 971. The molecule has 0 unspecified atom stereocenters. The summed E-state index contributed by atoms with van der Waals surface area (Å²) in [5.74, 6) is 0.953. The van der Waals surface area contributed by atoms with Gasteiger partial charge in [-0.15, -0.1) is 0 Å². The predicted octanol–water partition coefficient (Wildman–Crippen LogP) is 5.20. The van der Waals surface area contributed by atoms with Gasteiger partial charge in [0, 0.05) is 23.5 Å². The first-order chi connectivity index (χ1) is 13.9. The molecule has 1 saturated heterocycles. The number of thioether (sulfide) groups is 1. The van der Waals surface area contributed by atoms with E-state index < -0.39 is 0 Å². The summed E-state index contributed by atoms with van der Waals surface area (Å²) < 4.78 is 0. The SMILES string of the molecule is Cc1ccc(/C=C2/Sc3ccc(C(=O)N4C[C@@H](C)C[C@H](C)C4)cc3NC2=O)cc1. The molecular weight excluding hydrogens is 380 g/mol. The maximum absolute atomic E-state index is 13.0. The molecule has 0 radical (unpaired) electrons. The van der Waals surface area contributed by atoms with Crippen molar-refractivity contribution in [2.45, 2.75) is 32.1 Å². The molecule has 1 fully saturated rings. The minimum Gasteiger partial charge on any atom is -0.338 e. The van der Waals surface area contributed by atoms with Crippen LogP contribution in [0.4, 0.5) is 5.69 Å². The van der Waals surface area contributed by atoms with Crippen LogP contribution in [-0.4, -0.2) is 29.8 Å². The Kier molecular flexibility index (Phi) is 5.50. The number of rotatable bonds is 2. The zero-order chi connectivity index (χ0) is 20.5. The molecule has 0 saturated carbocycles. The molecule has 0 spiro atoms. The summed E-state index contributed by atoms with van der Waals surface area (Å²) in [4.78, 5) is 29.1. The zero-order valence-corrected chi connectivity index (χ0v) is 17.9. The van der Waals surface area contributed by atoms with Crippen molar-refractivity contribution in [2.75, 3.05) is 18.4 Å². The number of amides is 2. The second kappa shape index (κ2) is 8.07. The Labute approximate surface area is 176 Å². The third-order valence-corrected chi connectivity index (χ3v) is 6.55. The smallest absolute Gasteiger partial charge is 0.262 e. The molecule has 1 N–H and O–H groups in total. The number of piperidine rings is 1. The highest BCUT2D eigenvalue weighted by molar-refractivity contribution is 8.04. The van der Waals surface area contributed by atoms with Crippen LogP contribution in [-0.2, 0) is 4.79 Å². The van der Waals surface area contributed by atoms with Crippen molar-refractivity contribution in [1.82, 2.24) is 4.90 Å². The molecule has 2 aromatic carbocycles. The van der Waals surface area contributed by atoms with E-state index in [4.69, 9.17) is 0 Å². The lowest BCUT2D eigenvalue weighted by atomic mass is 9.91. The third kappa shape index (κ3) is 4.40. The highest BCUT2D eigenvalue weighted by atomic mass is 32.2. The van der Waals surface area contributed by atoms with Crippen molar-refractivity contribution in [1.29, 1.82) is 0 Å². The lowest BCUT2D eigenvalue weighted by molar-refractivity contribution is -0.112. The van der Waals surface area contributed by atoms with Crippen LogP contribution in [0.15, 0.2) is 52.3 Å². The molecule has 2 heterocycles.